The fraction of sp³-hybridized carbons (Fsp3) is 0.333. The minimum Gasteiger partial charge on any atom is -0.369 e. The largest absolute Gasteiger partial charge is 0.430 e. The van der Waals surface area contributed by atoms with Crippen molar-refractivity contribution in [3.8, 4) is 11.1 Å². The molecule has 0 aliphatic carbocycles. The van der Waals surface area contributed by atoms with E-state index in [-0.39, 0.29) is 0 Å². The molecule has 0 atom stereocenters. The first-order valence-electron chi connectivity index (χ1n) is 7.56. The molecule has 2 aromatic carbocycles. The van der Waals surface area contributed by atoms with Crippen LogP contribution in [-0.4, -0.2) is 17.5 Å². The van der Waals surface area contributed by atoms with Crippen molar-refractivity contribution in [1.29, 1.82) is 0 Å². The van der Waals surface area contributed by atoms with E-state index in [1.165, 1.54) is 0 Å². The lowest BCUT2D eigenvalue weighted by Crippen LogP contribution is -2.53. The summed E-state index contributed by atoms with van der Waals surface area (Å²) in [6.07, 6.45) is -9.92. The summed E-state index contributed by atoms with van der Waals surface area (Å²) in [7, 11) is 0. The smallest absolute Gasteiger partial charge is 0.369 e. The average Bonchev–Trinajstić information content (AvgIpc) is 2.53. The van der Waals surface area contributed by atoms with Gasteiger partial charge in [0.2, 0.25) is 0 Å². The summed E-state index contributed by atoms with van der Waals surface area (Å²) in [5.74, 6) is 0. The van der Waals surface area contributed by atoms with Crippen LogP contribution in [0.5, 0.6) is 0 Å². The molecule has 2 rings (SSSR count). The van der Waals surface area contributed by atoms with E-state index in [1.807, 2.05) is 19.1 Å². The predicted molar refractivity (Wildman–Crippen MR) is 81.9 cm³/mol. The Balaban J connectivity index is 2.38. The van der Waals surface area contributed by atoms with Crippen LogP contribution < -0.4 is 0 Å². The molecule has 0 fully saturated rings. The third-order valence-electron chi connectivity index (χ3n) is 3.95. The first kappa shape index (κ1) is 19.3. The van der Waals surface area contributed by atoms with Gasteiger partial charge in [-0.15, -0.1) is 0 Å². The number of hydrogen-bond acceptors (Lipinski definition) is 1. The Morgan fingerprint density at radius 1 is 0.720 bits per heavy atom. The van der Waals surface area contributed by atoms with Gasteiger partial charge in [-0.05, 0) is 23.1 Å². The average molecular weight is 362 g/mol. The van der Waals surface area contributed by atoms with E-state index in [1.54, 1.807) is 12.1 Å². The molecule has 0 radical (unpaired) electrons. The summed E-state index contributed by atoms with van der Waals surface area (Å²) in [5, 5.41) is 9.36. The molecule has 1 N–H and O–H groups in total. The highest BCUT2D eigenvalue weighted by Gasteiger charge is 2.71. The Hall–Kier alpha value is -2.02. The summed E-state index contributed by atoms with van der Waals surface area (Å²) >= 11 is 0. The molecule has 0 saturated carbocycles. The SMILES string of the molecule is CCCc1ccc(-c2ccc(C(O)(C(F)(F)F)C(F)(F)F)cc2)cc1. The van der Waals surface area contributed by atoms with E-state index in [0.29, 0.717) is 23.3 Å². The Bertz CT molecular complexity index is 684. The third kappa shape index (κ3) is 3.66. The molecule has 0 bridgehead atoms. The van der Waals surface area contributed by atoms with Crippen LogP contribution in [0, 0.1) is 0 Å². The zero-order valence-corrected chi connectivity index (χ0v) is 13.2. The predicted octanol–water partition coefficient (Wildman–Crippen LogP) is 5.62. The van der Waals surface area contributed by atoms with Gasteiger partial charge in [-0.2, -0.15) is 26.3 Å². The standard InChI is InChI=1S/C18H16F6O/c1-2-3-12-4-6-13(7-5-12)14-8-10-15(11-9-14)16(25,17(19,20)21)18(22,23)24/h4-11,25H,2-3H2,1H3. The molecule has 0 aliphatic rings. The lowest BCUT2D eigenvalue weighted by Gasteiger charge is -2.32. The summed E-state index contributed by atoms with van der Waals surface area (Å²) < 4.78 is 77.1. The van der Waals surface area contributed by atoms with Crippen molar-refractivity contribution < 1.29 is 31.4 Å². The number of halogens is 6. The molecule has 0 aliphatic heterocycles. The van der Waals surface area contributed by atoms with Gasteiger partial charge in [0.15, 0.2) is 0 Å². The molecule has 0 heterocycles. The van der Waals surface area contributed by atoms with Crippen molar-refractivity contribution in [3.63, 3.8) is 0 Å². The van der Waals surface area contributed by atoms with Crippen molar-refractivity contribution >= 4 is 0 Å². The minimum absolute atomic E-state index is 0.457. The second-order valence-electron chi connectivity index (χ2n) is 5.73. The van der Waals surface area contributed by atoms with E-state index in [0.717, 1.165) is 30.5 Å². The van der Waals surface area contributed by atoms with Crippen molar-refractivity contribution in [2.75, 3.05) is 0 Å². The van der Waals surface area contributed by atoms with Crippen LogP contribution in [0.2, 0.25) is 0 Å². The van der Waals surface area contributed by atoms with E-state index in [4.69, 9.17) is 0 Å². The Morgan fingerprint density at radius 2 is 1.12 bits per heavy atom. The van der Waals surface area contributed by atoms with Gasteiger partial charge in [0.05, 0.1) is 0 Å². The van der Waals surface area contributed by atoms with Crippen LogP contribution in [0.25, 0.3) is 11.1 Å². The van der Waals surface area contributed by atoms with Crippen molar-refractivity contribution in [1.82, 2.24) is 0 Å². The maximum atomic E-state index is 12.9. The van der Waals surface area contributed by atoms with E-state index < -0.39 is 23.5 Å². The van der Waals surface area contributed by atoms with Crippen LogP contribution in [0.15, 0.2) is 48.5 Å². The van der Waals surface area contributed by atoms with Crippen molar-refractivity contribution in [2.45, 2.75) is 37.7 Å². The van der Waals surface area contributed by atoms with Gasteiger partial charge in [-0.3, -0.25) is 0 Å². The summed E-state index contributed by atoms with van der Waals surface area (Å²) in [4.78, 5) is 0. The number of benzene rings is 2. The molecule has 0 saturated heterocycles. The van der Waals surface area contributed by atoms with Crippen LogP contribution in [0.4, 0.5) is 26.3 Å². The fourth-order valence-corrected chi connectivity index (χ4v) is 2.54. The highest BCUT2D eigenvalue weighted by molar-refractivity contribution is 5.64. The number of aryl methyl sites for hydroxylation is 1. The molecule has 7 heteroatoms. The lowest BCUT2D eigenvalue weighted by atomic mass is 9.90. The van der Waals surface area contributed by atoms with E-state index in [2.05, 4.69) is 0 Å². The first-order valence-corrected chi connectivity index (χ1v) is 7.56. The third-order valence-corrected chi connectivity index (χ3v) is 3.95. The Morgan fingerprint density at radius 3 is 1.48 bits per heavy atom. The second-order valence-corrected chi connectivity index (χ2v) is 5.73. The van der Waals surface area contributed by atoms with Crippen LogP contribution in [0.1, 0.15) is 24.5 Å². The maximum absolute atomic E-state index is 12.9. The molecule has 0 aromatic heterocycles. The molecule has 136 valence electrons. The summed E-state index contributed by atoms with van der Waals surface area (Å²) in [5.41, 5.74) is -3.96. The number of aliphatic hydroxyl groups is 1. The van der Waals surface area contributed by atoms with Gasteiger partial charge < -0.3 is 5.11 Å². The van der Waals surface area contributed by atoms with Gasteiger partial charge >= 0.3 is 12.4 Å². The Kier molecular flexibility index (Phi) is 5.18. The second kappa shape index (κ2) is 6.71. The zero-order valence-electron chi connectivity index (χ0n) is 13.2. The fourth-order valence-electron chi connectivity index (χ4n) is 2.54. The van der Waals surface area contributed by atoms with E-state index in [9.17, 15) is 31.4 Å². The maximum Gasteiger partial charge on any atom is 0.430 e. The number of rotatable bonds is 4. The Labute approximate surface area is 140 Å². The van der Waals surface area contributed by atoms with Gasteiger partial charge in [0, 0.05) is 5.56 Å². The van der Waals surface area contributed by atoms with Gasteiger partial charge in [-0.1, -0.05) is 61.9 Å². The minimum atomic E-state index is -5.88. The zero-order chi connectivity index (χ0) is 18.9. The normalized spacial score (nSPS) is 13.1. The number of alkyl halides is 6. The van der Waals surface area contributed by atoms with Crippen LogP contribution >= 0.6 is 0 Å². The van der Waals surface area contributed by atoms with Gasteiger partial charge in [-0.25, -0.2) is 0 Å². The molecule has 25 heavy (non-hydrogen) atoms. The summed E-state index contributed by atoms with van der Waals surface area (Å²) in [6.45, 7) is 2.02. The molecular weight excluding hydrogens is 346 g/mol. The topological polar surface area (TPSA) is 20.2 Å². The first-order chi connectivity index (χ1) is 11.5. The quantitative estimate of drug-likeness (QED) is 0.700. The lowest BCUT2D eigenvalue weighted by molar-refractivity contribution is -0.376. The molecular formula is C18H16F6O. The van der Waals surface area contributed by atoms with Crippen molar-refractivity contribution in [2.24, 2.45) is 0 Å². The van der Waals surface area contributed by atoms with E-state index >= 15 is 0 Å². The molecule has 1 nitrogen and oxygen atoms in total. The number of hydrogen-bond donors (Lipinski definition) is 1. The highest BCUT2D eigenvalue weighted by Crippen LogP contribution is 2.50. The van der Waals surface area contributed by atoms with Crippen LogP contribution in [-0.2, 0) is 12.0 Å². The van der Waals surface area contributed by atoms with Gasteiger partial charge in [0.1, 0.15) is 0 Å². The molecule has 2 aromatic rings. The van der Waals surface area contributed by atoms with Crippen LogP contribution in [0.3, 0.4) is 0 Å². The van der Waals surface area contributed by atoms with Gasteiger partial charge in [0.25, 0.3) is 5.60 Å². The van der Waals surface area contributed by atoms with Crippen molar-refractivity contribution in [3.05, 3.63) is 59.7 Å². The summed E-state index contributed by atoms with van der Waals surface area (Å²) in [6, 6.07) is 10.8. The molecule has 0 unspecified atom stereocenters. The monoisotopic (exact) mass is 362 g/mol. The highest BCUT2D eigenvalue weighted by atomic mass is 19.4. The molecule has 0 amide bonds. The molecule has 0 spiro atoms.